The maximum absolute atomic E-state index is 10.4. The van der Waals surface area contributed by atoms with Crippen LogP contribution in [-0.2, 0) is 5.75 Å². The molecule has 0 aliphatic heterocycles. The molecular weight excluding hydrogens is 260 g/mol. The van der Waals surface area contributed by atoms with Crippen LogP contribution >= 0.6 is 24.0 Å². The van der Waals surface area contributed by atoms with Crippen molar-refractivity contribution in [1.82, 2.24) is 0 Å². The average molecular weight is 270 g/mol. The fraction of sp³-hybridized carbons (Fsp3) is 0.111. The van der Waals surface area contributed by atoms with E-state index in [1.807, 2.05) is 0 Å². The number of hydrazone groups is 1. The lowest BCUT2D eigenvalue weighted by molar-refractivity contribution is -0.384. The highest BCUT2D eigenvalue weighted by Gasteiger charge is 2.07. The summed E-state index contributed by atoms with van der Waals surface area (Å²) in [6, 6.07) is 6.21. The fourth-order valence-corrected chi connectivity index (χ4v) is 1.98. The maximum atomic E-state index is 10.4. The molecule has 0 bridgehead atoms. The minimum absolute atomic E-state index is 0.0563. The van der Waals surface area contributed by atoms with Crippen molar-refractivity contribution >= 4 is 39.7 Å². The van der Waals surface area contributed by atoms with Crippen molar-refractivity contribution in [1.29, 1.82) is 0 Å². The first-order chi connectivity index (χ1) is 8.04. The van der Waals surface area contributed by atoms with Gasteiger partial charge in [0.1, 0.15) is 4.99 Å². The summed E-state index contributed by atoms with van der Waals surface area (Å²) in [5, 5.41) is 14.3. The maximum Gasteiger partial charge on any atom is 0.269 e. The van der Waals surface area contributed by atoms with E-state index in [9.17, 15) is 10.1 Å². The second kappa shape index (κ2) is 6.16. The molecule has 0 atom stereocenters. The van der Waals surface area contributed by atoms with Crippen LogP contribution in [0.3, 0.4) is 0 Å². The van der Waals surface area contributed by atoms with E-state index < -0.39 is 4.92 Å². The molecule has 0 amide bonds. The molecule has 4 N–H and O–H groups in total. The molecule has 0 unspecified atom stereocenters. The highest BCUT2D eigenvalue weighted by atomic mass is 32.2. The van der Waals surface area contributed by atoms with Gasteiger partial charge < -0.3 is 11.6 Å². The molecule has 0 saturated heterocycles. The SMILES string of the molecule is NN=C(SCc1ccc([N+](=O)[O-])cc1)C(N)=S. The molecule has 0 aliphatic rings. The van der Waals surface area contributed by atoms with Crippen LogP contribution in [0.25, 0.3) is 0 Å². The largest absolute Gasteiger partial charge is 0.388 e. The van der Waals surface area contributed by atoms with Crippen LogP contribution < -0.4 is 11.6 Å². The zero-order valence-electron chi connectivity index (χ0n) is 8.70. The number of thiocarbonyl (C=S) groups is 1. The van der Waals surface area contributed by atoms with Crippen molar-refractivity contribution in [3.05, 3.63) is 39.9 Å². The number of nitrogens with zero attached hydrogens (tertiary/aromatic N) is 2. The molecule has 1 aromatic carbocycles. The lowest BCUT2D eigenvalue weighted by atomic mass is 10.2. The number of hydrogen-bond acceptors (Lipinski definition) is 6. The zero-order chi connectivity index (χ0) is 12.8. The highest BCUT2D eigenvalue weighted by Crippen LogP contribution is 2.17. The third-order valence-corrected chi connectivity index (χ3v) is 3.25. The summed E-state index contributed by atoms with van der Waals surface area (Å²) in [7, 11) is 0. The van der Waals surface area contributed by atoms with E-state index >= 15 is 0 Å². The molecule has 0 aliphatic carbocycles. The van der Waals surface area contributed by atoms with Gasteiger partial charge in [-0.05, 0) is 5.56 Å². The number of nitro benzene ring substituents is 1. The van der Waals surface area contributed by atoms with Crippen LogP contribution in [0.1, 0.15) is 5.56 Å². The second-order valence-corrected chi connectivity index (χ2v) is 4.41. The van der Waals surface area contributed by atoms with Crippen molar-refractivity contribution < 1.29 is 4.92 Å². The Balaban J connectivity index is 2.64. The van der Waals surface area contributed by atoms with Gasteiger partial charge in [-0.15, -0.1) is 0 Å². The van der Waals surface area contributed by atoms with Gasteiger partial charge in [-0.3, -0.25) is 10.1 Å². The van der Waals surface area contributed by atoms with E-state index in [1.165, 1.54) is 23.9 Å². The normalized spacial score (nSPS) is 11.2. The lowest BCUT2D eigenvalue weighted by Gasteiger charge is -2.02. The van der Waals surface area contributed by atoms with Gasteiger partial charge >= 0.3 is 0 Å². The van der Waals surface area contributed by atoms with Crippen LogP contribution in [0, 0.1) is 10.1 Å². The predicted molar refractivity (Wildman–Crippen MR) is 72.8 cm³/mol. The summed E-state index contributed by atoms with van der Waals surface area (Å²) in [5.74, 6) is 5.66. The van der Waals surface area contributed by atoms with E-state index in [0.717, 1.165) is 5.56 Å². The zero-order valence-corrected chi connectivity index (χ0v) is 10.3. The standard InChI is InChI=1S/C9H10N4O2S2/c10-8(16)9(12-11)17-5-6-1-3-7(4-2-6)13(14)15/h1-4H,5,11H2,(H2,10,16). The summed E-state index contributed by atoms with van der Waals surface area (Å²) < 4.78 is 0. The third-order valence-electron chi connectivity index (χ3n) is 1.85. The Morgan fingerprint density at radius 3 is 2.47 bits per heavy atom. The summed E-state index contributed by atoms with van der Waals surface area (Å²) in [4.78, 5) is 10.1. The van der Waals surface area contributed by atoms with E-state index in [4.69, 9.17) is 23.8 Å². The number of benzene rings is 1. The minimum Gasteiger partial charge on any atom is -0.388 e. The van der Waals surface area contributed by atoms with Gasteiger partial charge in [-0.25, -0.2) is 0 Å². The molecule has 1 rings (SSSR count). The first-order valence-electron chi connectivity index (χ1n) is 4.48. The van der Waals surface area contributed by atoms with Crippen LogP contribution in [-0.4, -0.2) is 15.0 Å². The fourth-order valence-electron chi connectivity index (χ4n) is 1.04. The topological polar surface area (TPSA) is 108 Å². The summed E-state index contributed by atoms with van der Waals surface area (Å²) in [5.41, 5.74) is 6.34. The first-order valence-corrected chi connectivity index (χ1v) is 5.87. The van der Waals surface area contributed by atoms with Gasteiger partial charge in [0, 0.05) is 17.9 Å². The van der Waals surface area contributed by atoms with E-state index in [2.05, 4.69) is 5.10 Å². The Bertz CT molecular complexity index is 459. The number of non-ortho nitro benzene ring substituents is 1. The summed E-state index contributed by atoms with van der Waals surface area (Å²) >= 11 is 6.03. The molecule has 1 aromatic rings. The Labute approximate surface area is 107 Å². The van der Waals surface area contributed by atoms with Crippen LogP contribution in [0.4, 0.5) is 5.69 Å². The van der Waals surface area contributed by atoms with E-state index in [1.54, 1.807) is 12.1 Å². The third kappa shape index (κ3) is 4.00. The van der Waals surface area contributed by atoms with Crippen molar-refractivity contribution in [2.75, 3.05) is 0 Å². The molecule has 17 heavy (non-hydrogen) atoms. The molecule has 0 saturated carbocycles. The van der Waals surface area contributed by atoms with Gasteiger partial charge in [0.2, 0.25) is 0 Å². The van der Waals surface area contributed by atoms with Crippen LogP contribution in [0.15, 0.2) is 29.4 Å². The number of nitro groups is 1. The second-order valence-electron chi connectivity index (χ2n) is 3.01. The molecule has 0 heterocycles. The minimum atomic E-state index is -0.446. The van der Waals surface area contributed by atoms with Crippen molar-refractivity contribution in [3.8, 4) is 0 Å². The van der Waals surface area contributed by atoms with E-state index in [-0.39, 0.29) is 10.7 Å². The molecular formula is C9H10N4O2S2. The van der Waals surface area contributed by atoms with Crippen LogP contribution in [0.5, 0.6) is 0 Å². The van der Waals surface area contributed by atoms with Gasteiger partial charge in [0.05, 0.1) is 4.92 Å². The molecule has 0 aromatic heterocycles. The van der Waals surface area contributed by atoms with Crippen molar-refractivity contribution in [2.24, 2.45) is 16.7 Å². The molecule has 6 nitrogen and oxygen atoms in total. The number of thioether (sulfide) groups is 1. The van der Waals surface area contributed by atoms with Crippen molar-refractivity contribution in [3.63, 3.8) is 0 Å². The van der Waals surface area contributed by atoms with Gasteiger partial charge in [-0.1, -0.05) is 36.1 Å². The van der Waals surface area contributed by atoms with Crippen molar-refractivity contribution in [2.45, 2.75) is 5.75 Å². The average Bonchev–Trinajstić information content (AvgIpc) is 2.30. The summed E-state index contributed by atoms with van der Waals surface area (Å²) in [6.45, 7) is 0. The quantitative estimate of drug-likeness (QED) is 0.214. The Hall–Kier alpha value is -1.67. The van der Waals surface area contributed by atoms with Crippen LogP contribution in [0.2, 0.25) is 0 Å². The van der Waals surface area contributed by atoms with E-state index in [0.29, 0.717) is 10.8 Å². The Morgan fingerprint density at radius 2 is 2.06 bits per heavy atom. The monoisotopic (exact) mass is 270 g/mol. The first kappa shape index (κ1) is 13.4. The number of nitrogens with two attached hydrogens (primary N) is 2. The Kier molecular flexibility index (Phi) is 4.85. The van der Waals surface area contributed by atoms with Gasteiger partial charge in [0.15, 0.2) is 5.04 Å². The predicted octanol–water partition coefficient (Wildman–Crippen LogP) is 1.39. The summed E-state index contributed by atoms with van der Waals surface area (Å²) in [6.07, 6.45) is 0. The lowest BCUT2D eigenvalue weighted by Crippen LogP contribution is -2.19. The van der Waals surface area contributed by atoms with Gasteiger partial charge in [0.25, 0.3) is 5.69 Å². The smallest absolute Gasteiger partial charge is 0.269 e. The molecule has 0 spiro atoms. The number of hydrogen-bond donors (Lipinski definition) is 2. The Morgan fingerprint density at radius 1 is 1.47 bits per heavy atom. The molecule has 8 heteroatoms. The molecule has 0 fully saturated rings. The number of rotatable bonds is 3. The highest BCUT2D eigenvalue weighted by molar-refractivity contribution is 8.16. The molecule has 90 valence electrons. The van der Waals surface area contributed by atoms with Gasteiger partial charge in [-0.2, -0.15) is 5.10 Å². The molecule has 0 radical (unpaired) electrons.